The second-order valence-electron chi connectivity index (χ2n) is 1.35. The molecule has 0 aromatic heterocycles. The molecule has 0 aliphatic rings. The van der Waals surface area contributed by atoms with Crippen LogP contribution in [0, 0.1) is 0 Å². The fraction of sp³-hybridized carbons (Fsp3) is 0.333. The fourth-order valence-electron chi connectivity index (χ4n) is 0.331. The highest BCUT2D eigenvalue weighted by Gasteiger charge is 1.83. The summed E-state index contributed by atoms with van der Waals surface area (Å²) in [5.41, 5.74) is 0. The molecule has 0 heterocycles. The standard InChI is InChI=1S/C6H10S2/c1-3-5-8(7)6-4-2/h3-4H,1-2,5-6H2. The van der Waals surface area contributed by atoms with E-state index >= 15 is 0 Å². The quantitative estimate of drug-likeness (QED) is 0.541. The summed E-state index contributed by atoms with van der Waals surface area (Å²) in [7, 11) is 0.0772. The SMILES string of the molecule is C=CCS(=S)CC=C. The van der Waals surface area contributed by atoms with Gasteiger partial charge in [-0.15, -0.1) is 22.6 Å². The molecule has 0 aliphatic carbocycles. The van der Waals surface area contributed by atoms with Crippen LogP contribution in [0.15, 0.2) is 25.3 Å². The van der Waals surface area contributed by atoms with Crippen LogP contribution in [0.1, 0.15) is 0 Å². The molecule has 0 rings (SSSR count). The summed E-state index contributed by atoms with van der Waals surface area (Å²) in [6.45, 7) is 7.18. The highest BCUT2D eigenvalue weighted by Crippen LogP contribution is 1.82. The molecule has 0 unspecified atom stereocenters. The van der Waals surface area contributed by atoms with Crippen LogP contribution in [0.5, 0.6) is 0 Å². The molecule has 0 N–H and O–H groups in total. The van der Waals surface area contributed by atoms with Crippen molar-refractivity contribution in [3.8, 4) is 0 Å². The molecule has 0 atom stereocenters. The Morgan fingerprint density at radius 2 is 1.62 bits per heavy atom. The molecule has 0 amide bonds. The van der Waals surface area contributed by atoms with E-state index in [9.17, 15) is 0 Å². The molecular weight excluding hydrogens is 136 g/mol. The van der Waals surface area contributed by atoms with E-state index in [4.69, 9.17) is 11.2 Å². The van der Waals surface area contributed by atoms with Gasteiger partial charge in [0.1, 0.15) is 0 Å². The summed E-state index contributed by atoms with van der Waals surface area (Å²) in [4.78, 5) is 0. The summed E-state index contributed by atoms with van der Waals surface area (Å²) >= 11 is 5.02. The van der Waals surface area contributed by atoms with Crippen LogP contribution in [0.2, 0.25) is 0 Å². The van der Waals surface area contributed by atoms with Gasteiger partial charge in [0, 0.05) is 11.5 Å². The molecule has 8 heavy (non-hydrogen) atoms. The number of hydrogen-bond donors (Lipinski definition) is 0. The zero-order chi connectivity index (χ0) is 6.41. The van der Waals surface area contributed by atoms with Crippen LogP contribution < -0.4 is 0 Å². The first kappa shape index (κ1) is 8.05. The third kappa shape index (κ3) is 4.22. The van der Waals surface area contributed by atoms with E-state index in [-0.39, 0.29) is 9.45 Å². The van der Waals surface area contributed by atoms with Crippen molar-refractivity contribution < 1.29 is 0 Å². The van der Waals surface area contributed by atoms with Gasteiger partial charge in [-0.1, -0.05) is 23.3 Å². The van der Waals surface area contributed by atoms with Crippen LogP contribution >= 0.6 is 0 Å². The average molecular weight is 146 g/mol. The molecule has 0 saturated heterocycles. The predicted octanol–water partition coefficient (Wildman–Crippen LogP) is 1.44. The molecule has 0 saturated carbocycles. The topological polar surface area (TPSA) is 0 Å². The van der Waals surface area contributed by atoms with Crippen LogP contribution in [-0.4, -0.2) is 11.5 Å². The molecule has 0 bridgehead atoms. The second-order valence-corrected chi connectivity index (χ2v) is 4.31. The van der Waals surface area contributed by atoms with Crippen molar-refractivity contribution in [3.63, 3.8) is 0 Å². The first-order chi connectivity index (χ1) is 3.81. The van der Waals surface area contributed by atoms with Gasteiger partial charge in [0.25, 0.3) is 0 Å². The molecule has 0 aromatic rings. The maximum Gasteiger partial charge on any atom is 0.0160 e. The molecule has 2 heteroatoms. The molecule has 0 nitrogen and oxygen atoms in total. The largest absolute Gasteiger partial charge is 0.114 e. The zero-order valence-corrected chi connectivity index (χ0v) is 6.43. The summed E-state index contributed by atoms with van der Waals surface area (Å²) < 4.78 is 0. The lowest BCUT2D eigenvalue weighted by Crippen LogP contribution is -1.94. The first-order valence-electron chi connectivity index (χ1n) is 2.38. The maximum absolute atomic E-state index is 5.02. The van der Waals surface area contributed by atoms with Crippen LogP contribution in [0.3, 0.4) is 0 Å². The van der Waals surface area contributed by atoms with Gasteiger partial charge in [0.2, 0.25) is 0 Å². The Balaban J connectivity index is 3.32. The molecule has 46 valence electrons. The van der Waals surface area contributed by atoms with Crippen molar-refractivity contribution in [2.75, 3.05) is 11.5 Å². The van der Waals surface area contributed by atoms with E-state index in [1.165, 1.54) is 0 Å². The summed E-state index contributed by atoms with van der Waals surface area (Å²) in [5, 5.41) is 0. The summed E-state index contributed by atoms with van der Waals surface area (Å²) in [6, 6.07) is 0. The minimum absolute atomic E-state index is 0.0772. The average Bonchev–Trinajstić information content (AvgIpc) is 1.68. The van der Waals surface area contributed by atoms with Crippen molar-refractivity contribution in [2.45, 2.75) is 0 Å². The van der Waals surface area contributed by atoms with E-state index in [0.717, 1.165) is 11.5 Å². The van der Waals surface area contributed by atoms with Gasteiger partial charge >= 0.3 is 0 Å². The lowest BCUT2D eigenvalue weighted by molar-refractivity contribution is 1.73. The maximum atomic E-state index is 5.02. The van der Waals surface area contributed by atoms with Crippen LogP contribution in [-0.2, 0) is 20.6 Å². The van der Waals surface area contributed by atoms with Crippen molar-refractivity contribution in [1.82, 2.24) is 0 Å². The monoisotopic (exact) mass is 146 g/mol. The summed E-state index contributed by atoms with van der Waals surface area (Å²) in [5.74, 6) is 1.89. The zero-order valence-electron chi connectivity index (χ0n) is 4.80. The Bertz CT molecular complexity index is 93.1. The third-order valence-electron chi connectivity index (χ3n) is 0.607. The molecular formula is C6H10S2. The van der Waals surface area contributed by atoms with E-state index in [0.29, 0.717) is 0 Å². The highest BCUT2D eigenvalue weighted by molar-refractivity contribution is 8.29. The van der Waals surface area contributed by atoms with Crippen molar-refractivity contribution in [2.24, 2.45) is 0 Å². The van der Waals surface area contributed by atoms with Gasteiger partial charge < -0.3 is 0 Å². The first-order valence-corrected chi connectivity index (χ1v) is 4.87. The summed E-state index contributed by atoms with van der Waals surface area (Å²) in [6.07, 6.45) is 3.72. The predicted molar refractivity (Wildman–Crippen MR) is 44.9 cm³/mol. The van der Waals surface area contributed by atoms with E-state index in [1.807, 2.05) is 12.2 Å². The Kier molecular flexibility index (Phi) is 5.22. The fourth-order valence-corrected chi connectivity index (χ4v) is 1.57. The second kappa shape index (κ2) is 5.19. The Hall–Kier alpha value is 0.0500. The van der Waals surface area contributed by atoms with Gasteiger partial charge in [-0.2, -0.15) is 0 Å². The van der Waals surface area contributed by atoms with E-state index < -0.39 is 0 Å². The molecule has 0 spiro atoms. The Labute approximate surface area is 57.9 Å². The van der Waals surface area contributed by atoms with E-state index in [1.54, 1.807) is 0 Å². The van der Waals surface area contributed by atoms with Crippen LogP contribution in [0.4, 0.5) is 0 Å². The normalized spacial score (nSPS) is 9.12. The Morgan fingerprint density at radius 1 is 1.25 bits per heavy atom. The highest BCUT2D eigenvalue weighted by atomic mass is 32.8. The number of hydrogen-bond acceptors (Lipinski definition) is 1. The van der Waals surface area contributed by atoms with Gasteiger partial charge in [0.15, 0.2) is 0 Å². The lowest BCUT2D eigenvalue weighted by atomic mass is 10.8. The molecule has 0 aliphatic heterocycles. The van der Waals surface area contributed by atoms with Gasteiger partial charge in [-0.05, 0) is 0 Å². The molecule has 0 fully saturated rings. The third-order valence-corrected chi connectivity index (χ3v) is 2.64. The minimum Gasteiger partial charge on any atom is -0.114 e. The molecule has 0 aromatic carbocycles. The lowest BCUT2D eigenvalue weighted by Gasteiger charge is -1.92. The van der Waals surface area contributed by atoms with Gasteiger partial charge in [-0.3, -0.25) is 0 Å². The van der Waals surface area contributed by atoms with Crippen molar-refractivity contribution >= 4 is 20.6 Å². The van der Waals surface area contributed by atoms with Crippen molar-refractivity contribution in [3.05, 3.63) is 25.3 Å². The van der Waals surface area contributed by atoms with Crippen molar-refractivity contribution in [1.29, 1.82) is 0 Å². The smallest absolute Gasteiger partial charge is 0.0160 e. The Morgan fingerprint density at radius 3 is 1.88 bits per heavy atom. The van der Waals surface area contributed by atoms with E-state index in [2.05, 4.69) is 13.2 Å². The molecule has 0 radical (unpaired) electrons. The number of rotatable bonds is 4. The minimum atomic E-state index is 0.0772. The van der Waals surface area contributed by atoms with Crippen LogP contribution in [0.25, 0.3) is 0 Å². The van der Waals surface area contributed by atoms with Gasteiger partial charge in [-0.25, -0.2) is 0 Å². The van der Waals surface area contributed by atoms with Gasteiger partial charge in [0.05, 0.1) is 0 Å².